The maximum Gasteiger partial charge on any atom is 0.188 e. The van der Waals surface area contributed by atoms with E-state index in [1.807, 2.05) is 13.0 Å². The molecular formula is C14H23N3O. The Hall–Kier alpha value is -1.16. The Labute approximate surface area is 109 Å². The summed E-state index contributed by atoms with van der Waals surface area (Å²) in [5.41, 5.74) is 6.30. The number of aryl methyl sites for hydroxylation is 1. The predicted octanol–water partition coefficient (Wildman–Crippen LogP) is 2.24. The number of carbonyl (C=O) groups is 1. The first-order valence-corrected chi connectivity index (χ1v) is 6.89. The fourth-order valence-electron chi connectivity index (χ4n) is 2.89. The number of Topliss-reactive ketones (excluding diaryl/α,β-unsaturated/α-hetero) is 1. The van der Waals surface area contributed by atoms with Gasteiger partial charge in [0.05, 0.1) is 0 Å². The number of ketones is 1. The van der Waals surface area contributed by atoms with Crippen molar-refractivity contribution in [2.75, 3.05) is 6.54 Å². The minimum absolute atomic E-state index is 0.191. The Morgan fingerprint density at radius 1 is 1.56 bits per heavy atom. The van der Waals surface area contributed by atoms with E-state index in [9.17, 15) is 4.79 Å². The summed E-state index contributed by atoms with van der Waals surface area (Å²) in [6.07, 6.45) is 5.73. The molecule has 2 N–H and O–H groups in total. The summed E-state index contributed by atoms with van der Waals surface area (Å²) in [5.74, 6) is 0.907. The minimum Gasteiger partial charge on any atom is -0.329 e. The van der Waals surface area contributed by atoms with Crippen molar-refractivity contribution in [1.29, 1.82) is 0 Å². The fourth-order valence-corrected chi connectivity index (χ4v) is 2.89. The minimum atomic E-state index is -0.348. The molecule has 1 aromatic heterocycles. The molecular weight excluding hydrogens is 226 g/mol. The van der Waals surface area contributed by atoms with Crippen LogP contribution in [0.1, 0.15) is 50.0 Å². The summed E-state index contributed by atoms with van der Waals surface area (Å²) >= 11 is 0. The van der Waals surface area contributed by atoms with E-state index in [1.165, 1.54) is 0 Å². The van der Waals surface area contributed by atoms with Gasteiger partial charge < -0.3 is 5.73 Å². The van der Waals surface area contributed by atoms with Crippen LogP contribution in [0.15, 0.2) is 12.3 Å². The molecule has 2 rings (SSSR count). The van der Waals surface area contributed by atoms with Crippen LogP contribution in [-0.2, 0) is 6.54 Å². The lowest BCUT2D eigenvalue weighted by molar-refractivity contribution is 0.0683. The molecule has 0 aliphatic heterocycles. The van der Waals surface area contributed by atoms with Crippen LogP contribution in [0, 0.1) is 11.3 Å². The molecule has 0 saturated heterocycles. The molecule has 1 saturated carbocycles. The Bertz CT molecular complexity index is 416. The first-order chi connectivity index (χ1) is 8.63. The summed E-state index contributed by atoms with van der Waals surface area (Å²) in [6, 6.07) is 1.82. The van der Waals surface area contributed by atoms with Crippen LogP contribution in [0.5, 0.6) is 0 Å². The molecule has 0 spiro atoms. The van der Waals surface area contributed by atoms with Crippen LogP contribution in [0.2, 0.25) is 0 Å². The van der Waals surface area contributed by atoms with Gasteiger partial charge in [0.1, 0.15) is 5.69 Å². The topological polar surface area (TPSA) is 60.9 Å². The molecule has 0 bridgehead atoms. The highest BCUT2D eigenvalue weighted by Crippen LogP contribution is 2.40. The second-order valence-corrected chi connectivity index (χ2v) is 5.53. The van der Waals surface area contributed by atoms with Crippen LogP contribution in [0.4, 0.5) is 0 Å². The van der Waals surface area contributed by atoms with Crippen molar-refractivity contribution in [1.82, 2.24) is 9.78 Å². The summed E-state index contributed by atoms with van der Waals surface area (Å²) in [4.78, 5) is 12.8. The smallest absolute Gasteiger partial charge is 0.188 e. The average Bonchev–Trinajstić information content (AvgIpc) is 2.87. The SMILES string of the molecule is CCn1nccc1C(=O)C1(CN)CCC(C)CC1. The van der Waals surface area contributed by atoms with E-state index in [2.05, 4.69) is 12.0 Å². The molecule has 100 valence electrons. The number of nitrogens with two attached hydrogens (primary N) is 1. The molecule has 1 aliphatic carbocycles. The van der Waals surface area contributed by atoms with Gasteiger partial charge in [-0.2, -0.15) is 5.10 Å². The van der Waals surface area contributed by atoms with E-state index in [0.29, 0.717) is 12.5 Å². The van der Waals surface area contributed by atoms with Crippen molar-refractivity contribution in [2.45, 2.75) is 46.1 Å². The largest absolute Gasteiger partial charge is 0.329 e. The zero-order valence-electron chi connectivity index (χ0n) is 11.4. The van der Waals surface area contributed by atoms with Crippen LogP contribution in [0.3, 0.4) is 0 Å². The van der Waals surface area contributed by atoms with Gasteiger partial charge in [0, 0.05) is 24.7 Å². The van der Waals surface area contributed by atoms with Gasteiger partial charge in [-0.15, -0.1) is 0 Å². The van der Waals surface area contributed by atoms with Gasteiger partial charge in [0.15, 0.2) is 5.78 Å². The van der Waals surface area contributed by atoms with E-state index in [4.69, 9.17) is 5.73 Å². The lowest BCUT2D eigenvalue weighted by Gasteiger charge is -2.37. The second kappa shape index (κ2) is 5.22. The summed E-state index contributed by atoms with van der Waals surface area (Å²) in [7, 11) is 0. The monoisotopic (exact) mass is 249 g/mol. The number of nitrogens with zero attached hydrogens (tertiary/aromatic N) is 2. The van der Waals surface area contributed by atoms with Crippen molar-refractivity contribution < 1.29 is 4.79 Å². The maximum atomic E-state index is 12.8. The van der Waals surface area contributed by atoms with Crippen molar-refractivity contribution >= 4 is 5.78 Å². The quantitative estimate of drug-likeness (QED) is 0.832. The average molecular weight is 249 g/mol. The van der Waals surface area contributed by atoms with Crippen LogP contribution in [-0.4, -0.2) is 22.1 Å². The summed E-state index contributed by atoms with van der Waals surface area (Å²) in [5, 5.41) is 4.19. The lowest BCUT2D eigenvalue weighted by atomic mass is 9.67. The third kappa shape index (κ3) is 2.21. The van der Waals surface area contributed by atoms with Gasteiger partial charge in [-0.05, 0) is 44.6 Å². The van der Waals surface area contributed by atoms with Crippen molar-refractivity contribution in [3.8, 4) is 0 Å². The molecule has 1 aliphatic rings. The number of aromatic nitrogens is 2. The van der Waals surface area contributed by atoms with Gasteiger partial charge >= 0.3 is 0 Å². The number of hydrogen-bond donors (Lipinski definition) is 1. The predicted molar refractivity (Wildman–Crippen MR) is 71.4 cm³/mol. The van der Waals surface area contributed by atoms with Crippen LogP contribution < -0.4 is 5.73 Å². The molecule has 1 heterocycles. The van der Waals surface area contributed by atoms with Crippen LogP contribution >= 0.6 is 0 Å². The standard InChI is InChI=1S/C14H23N3O/c1-3-17-12(6-9-16-17)13(18)14(10-15)7-4-11(2)5-8-14/h6,9,11H,3-5,7-8,10,15H2,1-2H3. The molecule has 18 heavy (non-hydrogen) atoms. The Morgan fingerprint density at radius 3 is 2.78 bits per heavy atom. The molecule has 0 unspecified atom stereocenters. The molecule has 1 fully saturated rings. The van der Waals surface area contributed by atoms with E-state index in [1.54, 1.807) is 10.9 Å². The summed E-state index contributed by atoms with van der Waals surface area (Å²) < 4.78 is 1.78. The molecule has 1 aromatic rings. The second-order valence-electron chi connectivity index (χ2n) is 5.53. The van der Waals surface area contributed by atoms with Crippen molar-refractivity contribution in [2.24, 2.45) is 17.1 Å². The zero-order chi connectivity index (χ0) is 13.2. The van der Waals surface area contributed by atoms with Gasteiger partial charge in [0.2, 0.25) is 0 Å². The third-order valence-electron chi connectivity index (χ3n) is 4.35. The van der Waals surface area contributed by atoms with Crippen LogP contribution in [0.25, 0.3) is 0 Å². The molecule has 4 nitrogen and oxygen atoms in total. The highest BCUT2D eigenvalue weighted by atomic mass is 16.1. The Balaban J connectivity index is 2.25. The molecule has 0 radical (unpaired) electrons. The van der Waals surface area contributed by atoms with E-state index >= 15 is 0 Å². The molecule has 4 heteroatoms. The van der Waals surface area contributed by atoms with E-state index < -0.39 is 0 Å². The lowest BCUT2D eigenvalue weighted by Crippen LogP contribution is -2.42. The fraction of sp³-hybridized carbons (Fsp3) is 0.714. The first-order valence-electron chi connectivity index (χ1n) is 6.89. The van der Waals surface area contributed by atoms with E-state index in [-0.39, 0.29) is 11.2 Å². The number of rotatable bonds is 4. The highest BCUT2D eigenvalue weighted by Gasteiger charge is 2.41. The van der Waals surface area contributed by atoms with Gasteiger partial charge in [-0.1, -0.05) is 6.92 Å². The van der Waals surface area contributed by atoms with Crippen molar-refractivity contribution in [3.05, 3.63) is 18.0 Å². The zero-order valence-corrected chi connectivity index (χ0v) is 11.4. The maximum absolute atomic E-state index is 12.8. The normalized spacial score (nSPS) is 28.3. The van der Waals surface area contributed by atoms with Crippen molar-refractivity contribution in [3.63, 3.8) is 0 Å². The Kier molecular flexibility index (Phi) is 3.85. The van der Waals surface area contributed by atoms with Gasteiger partial charge in [0.25, 0.3) is 0 Å². The molecule has 0 amide bonds. The van der Waals surface area contributed by atoms with Gasteiger partial charge in [-0.25, -0.2) is 0 Å². The highest BCUT2D eigenvalue weighted by molar-refractivity contribution is 5.99. The molecule has 0 atom stereocenters. The number of hydrogen-bond acceptors (Lipinski definition) is 3. The summed E-state index contributed by atoms with van der Waals surface area (Å²) in [6.45, 7) is 5.43. The Morgan fingerprint density at radius 2 is 2.22 bits per heavy atom. The number of carbonyl (C=O) groups excluding carboxylic acids is 1. The van der Waals surface area contributed by atoms with Gasteiger partial charge in [-0.3, -0.25) is 9.48 Å². The third-order valence-corrected chi connectivity index (χ3v) is 4.35. The molecule has 0 aromatic carbocycles. The van der Waals surface area contributed by atoms with E-state index in [0.717, 1.165) is 37.9 Å². The first kappa shape index (κ1) is 13.3.